The molecule has 3 nitrogen and oxygen atoms in total. The standard InChI is InChI=1S/C8H17NO2/c1-4-5-9(3)6-7-11-8(2)10/h4-7H2,1-3H3. The Kier molecular flexibility index (Phi) is 5.84. The molecule has 0 bridgehead atoms. The molecule has 0 radical (unpaired) electrons. The van der Waals surface area contributed by atoms with Crippen molar-refractivity contribution in [3.05, 3.63) is 0 Å². The fourth-order valence-corrected chi connectivity index (χ4v) is 0.839. The number of hydrogen-bond donors (Lipinski definition) is 0. The quantitative estimate of drug-likeness (QED) is 0.558. The molecule has 0 amide bonds. The molecular formula is C8H17NO2. The molecule has 0 unspecified atom stereocenters. The highest BCUT2D eigenvalue weighted by Crippen LogP contribution is 1.86. The average Bonchev–Trinajstić information content (AvgIpc) is 1.87. The minimum Gasteiger partial charge on any atom is -0.465 e. The molecule has 0 atom stereocenters. The molecule has 0 aliphatic carbocycles. The first-order valence-corrected chi connectivity index (χ1v) is 3.98. The van der Waals surface area contributed by atoms with Crippen molar-refractivity contribution in [2.24, 2.45) is 0 Å². The normalized spacial score (nSPS) is 10.2. The predicted octanol–water partition coefficient (Wildman–Crippen LogP) is 0.891. The van der Waals surface area contributed by atoms with Gasteiger partial charge in [0.1, 0.15) is 6.61 Å². The van der Waals surface area contributed by atoms with Crippen molar-refractivity contribution < 1.29 is 9.53 Å². The summed E-state index contributed by atoms with van der Waals surface area (Å²) in [5.41, 5.74) is 0. The zero-order chi connectivity index (χ0) is 8.69. The molecule has 0 heterocycles. The lowest BCUT2D eigenvalue weighted by molar-refractivity contribution is -0.141. The van der Waals surface area contributed by atoms with E-state index < -0.39 is 0 Å². The van der Waals surface area contributed by atoms with Crippen LogP contribution in [0.3, 0.4) is 0 Å². The first kappa shape index (κ1) is 10.4. The molecule has 0 rings (SSSR count). The van der Waals surface area contributed by atoms with Gasteiger partial charge in [-0.05, 0) is 20.0 Å². The van der Waals surface area contributed by atoms with E-state index in [2.05, 4.69) is 11.8 Å². The van der Waals surface area contributed by atoms with Crippen LogP contribution in [0.4, 0.5) is 0 Å². The van der Waals surface area contributed by atoms with Gasteiger partial charge in [-0.15, -0.1) is 0 Å². The number of hydrogen-bond acceptors (Lipinski definition) is 3. The molecule has 0 N–H and O–H groups in total. The number of carbonyl (C=O) groups excluding carboxylic acids is 1. The summed E-state index contributed by atoms with van der Waals surface area (Å²) in [6.45, 7) is 5.95. The van der Waals surface area contributed by atoms with E-state index in [0.29, 0.717) is 6.61 Å². The summed E-state index contributed by atoms with van der Waals surface area (Å²) in [6, 6.07) is 0. The largest absolute Gasteiger partial charge is 0.465 e. The molecule has 0 fully saturated rings. The number of rotatable bonds is 5. The zero-order valence-electron chi connectivity index (χ0n) is 7.59. The van der Waals surface area contributed by atoms with Crippen LogP contribution < -0.4 is 0 Å². The van der Waals surface area contributed by atoms with Gasteiger partial charge in [-0.25, -0.2) is 0 Å². The van der Waals surface area contributed by atoms with E-state index in [1.165, 1.54) is 6.92 Å². The SMILES string of the molecule is CCCN(C)CCOC(C)=O. The zero-order valence-corrected chi connectivity index (χ0v) is 7.59. The average molecular weight is 159 g/mol. The minimum absolute atomic E-state index is 0.199. The maximum atomic E-state index is 10.3. The summed E-state index contributed by atoms with van der Waals surface area (Å²) in [4.78, 5) is 12.5. The van der Waals surface area contributed by atoms with Crippen molar-refractivity contribution in [3.63, 3.8) is 0 Å². The first-order valence-electron chi connectivity index (χ1n) is 3.98. The van der Waals surface area contributed by atoms with Gasteiger partial charge in [0.25, 0.3) is 0 Å². The number of nitrogens with zero attached hydrogens (tertiary/aromatic N) is 1. The van der Waals surface area contributed by atoms with E-state index in [9.17, 15) is 4.79 Å². The molecule has 0 aliphatic heterocycles. The molecule has 0 aliphatic rings. The summed E-state index contributed by atoms with van der Waals surface area (Å²) in [6.07, 6.45) is 1.14. The fraction of sp³-hybridized carbons (Fsp3) is 0.875. The smallest absolute Gasteiger partial charge is 0.302 e. The first-order chi connectivity index (χ1) is 5.16. The molecule has 0 aromatic heterocycles. The summed E-state index contributed by atoms with van der Waals surface area (Å²) < 4.78 is 4.78. The maximum absolute atomic E-state index is 10.3. The highest BCUT2D eigenvalue weighted by molar-refractivity contribution is 5.65. The highest BCUT2D eigenvalue weighted by atomic mass is 16.5. The van der Waals surface area contributed by atoms with E-state index >= 15 is 0 Å². The van der Waals surface area contributed by atoms with E-state index in [-0.39, 0.29) is 5.97 Å². The van der Waals surface area contributed by atoms with Gasteiger partial charge in [0.05, 0.1) is 0 Å². The van der Waals surface area contributed by atoms with E-state index in [4.69, 9.17) is 4.74 Å². The van der Waals surface area contributed by atoms with Crippen molar-refractivity contribution in [1.29, 1.82) is 0 Å². The molecule has 0 aromatic carbocycles. The minimum atomic E-state index is -0.199. The Labute approximate surface area is 68.3 Å². The van der Waals surface area contributed by atoms with Crippen LogP contribution in [-0.4, -0.2) is 37.6 Å². The Bertz CT molecular complexity index is 115. The number of carbonyl (C=O) groups is 1. The lowest BCUT2D eigenvalue weighted by Crippen LogP contribution is -2.24. The highest BCUT2D eigenvalue weighted by Gasteiger charge is 1.96. The number of esters is 1. The fourth-order valence-electron chi connectivity index (χ4n) is 0.839. The van der Waals surface area contributed by atoms with Gasteiger partial charge < -0.3 is 9.64 Å². The van der Waals surface area contributed by atoms with E-state index in [1.54, 1.807) is 0 Å². The van der Waals surface area contributed by atoms with Crippen LogP contribution >= 0.6 is 0 Å². The van der Waals surface area contributed by atoms with Crippen LogP contribution in [0.1, 0.15) is 20.3 Å². The van der Waals surface area contributed by atoms with Crippen LogP contribution in [0.5, 0.6) is 0 Å². The Morgan fingerprint density at radius 2 is 2.09 bits per heavy atom. The summed E-state index contributed by atoms with van der Waals surface area (Å²) in [5.74, 6) is -0.199. The molecular weight excluding hydrogens is 142 g/mol. The van der Waals surface area contributed by atoms with Gasteiger partial charge in [0.2, 0.25) is 0 Å². The second-order valence-corrected chi connectivity index (χ2v) is 2.64. The van der Waals surface area contributed by atoms with E-state index in [1.807, 2.05) is 7.05 Å². The Morgan fingerprint density at radius 3 is 2.55 bits per heavy atom. The monoisotopic (exact) mass is 159 g/mol. The second kappa shape index (κ2) is 6.16. The van der Waals surface area contributed by atoms with Crippen LogP contribution in [0.2, 0.25) is 0 Å². The lowest BCUT2D eigenvalue weighted by Gasteiger charge is -2.14. The van der Waals surface area contributed by atoms with Gasteiger partial charge in [0, 0.05) is 13.5 Å². The summed E-state index contributed by atoms with van der Waals surface area (Å²) >= 11 is 0. The molecule has 0 spiro atoms. The van der Waals surface area contributed by atoms with Gasteiger partial charge >= 0.3 is 5.97 Å². The molecule has 66 valence electrons. The summed E-state index contributed by atoms with van der Waals surface area (Å²) in [5, 5.41) is 0. The van der Waals surface area contributed by atoms with E-state index in [0.717, 1.165) is 19.5 Å². The van der Waals surface area contributed by atoms with Crippen LogP contribution in [0.15, 0.2) is 0 Å². The Hall–Kier alpha value is -0.570. The van der Waals surface area contributed by atoms with Gasteiger partial charge in [-0.1, -0.05) is 6.92 Å². The van der Waals surface area contributed by atoms with Gasteiger partial charge in [-0.2, -0.15) is 0 Å². The number of likely N-dealkylation sites (N-methyl/N-ethyl adjacent to an activating group) is 1. The van der Waals surface area contributed by atoms with Gasteiger partial charge in [0.15, 0.2) is 0 Å². The molecule has 0 saturated heterocycles. The van der Waals surface area contributed by atoms with Gasteiger partial charge in [-0.3, -0.25) is 4.79 Å². The van der Waals surface area contributed by atoms with Crippen LogP contribution in [-0.2, 0) is 9.53 Å². The maximum Gasteiger partial charge on any atom is 0.302 e. The summed E-state index contributed by atoms with van der Waals surface area (Å²) in [7, 11) is 2.02. The topological polar surface area (TPSA) is 29.5 Å². The van der Waals surface area contributed by atoms with Crippen LogP contribution in [0.25, 0.3) is 0 Å². The van der Waals surface area contributed by atoms with Crippen molar-refractivity contribution in [2.45, 2.75) is 20.3 Å². The third-order valence-electron chi connectivity index (χ3n) is 1.38. The Balaban J connectivity index is 3.16. The van der Waals surface area contributed by atoms with Crippen molar-refractivity contribution in [2.75, 3.05) is 26.7 Å². The van der Waals surface area contributed by atoms with Crippen molar-refractivity contribution >= 4 is 5.97 Å². The Morgan fingerprint density at radius 1 is 1.45 bits per heavy atom. The van der Waals surface area contributed by atoms with Crippen molar-refractivity contribution in [1.82, 2.24) is 4.90 Å². The van der Waals surface area contributed by atoms with Crippen LogP contribution in [0, 0.1) is 0 Å². The second-order valence-electron chi connectivity index (χ2n) is 2.64. The molecule has 3 heteroatoms. The third kappa shape index (κ3) is 7.33. The number of ether oxygens (including phenoxy) is 1. The third-order valence-corrected chi connectivity index (χ3v) is 1.38. The molecule has 11 heavy (non-hydrogen) atoms. The molecule has 0 saturated carbocycles. The van der Waals surface area contributed by atoms with Crippen molar-refractivity contribution in [3.8, 4) is 0 Å². The molecule has 0 aromatic rings. The predicted molar refractivity (Wildman–Crippen MR) is 44.4 cm³/mol. The lowest BCUT2D eigenvalue weighted by atomic mass is 10.4.